The third-order valence-electron chi connectivity index (χ3n) is 5.62. The van der Waals surface area contributed by atoms with E-state index in [1.54, 1.807) is 0 Å². The Bertz CT molecular complexity index is 963. The first-order valence-electron chi connectivity index (χ1n) is 9.84. The molecular formula is C21H24O11. The van der Waals surface area contributed by atoms with Gasteiger partial charge in [0.1, 0.15) is 47.4 Å². The highest BCUT2D eigenvalue weighted by molar-refractivity contribution is 5.52. The molecule has 0 saturated carbocycles. The number of hydrogen-bond donors (Lipinski definition) is 8. The molecule has 2 aromatic carbocycles. The second-order valence-electron chi connectivity index (χ2n) is 7.87. The average molecular weight is 452 g/mol. The molecule has 0 bridgehead atoms. The first-order chi connectivity index (χ1) is 15.1. The van der Waals surface area contributed by atoms with Gasteiger partial charge in [-0.15, -0.1) is 0 Å². The maximum absolute atomic E-state index is 11.5. The summed E-state index contributed by atoms with van der Waals surface area (Å²) >= 11 is 0. The molecule has 1 fully saturated rings. The maximum Gasteiger partial charge on any atom is 0.214 e. The lowest BCUT2D eigenvalue weighted by atomic mass is 9.90. The van der Waals surface area contributed by atoms with Gasteiger partial charge >= 0.3 is 0 Å². The monoisotopic (exact) mass is 452 g/mol. The largest absolute Gasteiger partial charge is 0.508 e. The van der Waals surface area contributed by atoms with Crippen molar-refractivity contribution in [3.8, 4) is 23.0 Å². The lowest BCUT2D eigenvalue weighted by Crippen LogP contribution is -2.62. The number of benzene rings is 2. The predicted molar refractivity (Wildman–Crippen MR) is 105 cm³/mol. The number of ether oxygens (including phenoxy) is 3. The quantitative estimate of drug-likeness (QED) is 0.265. The van der Waals surface area contributed by atoms with Crippen LogP contribution in [0.2, 0.25) is 0 Å². The molecule has 2 aromatic rings. The molecule has 0 radical (unpaired) electrons. The number of phenols is 3. The van der Waals surface area contributed by atoms with Crippen molar-refractivity contribution in [2.75, 3.05) is 6.61 Å². The maximum atomic E-state index is 11.5. The van der Waals surface area contributed by atoms with Crippen LogP contribution in [0.1, 0.15) is 17.2 Å². The van der Waals surface area contributed by atoms with Crippen molar-refractivity contribution in [1.82, 2.24) is 0 Å². The summed E-state index contributed by atoms with van der Waals surface area (Å²) < 4.78 is 16.8. The Morgan fingerprint density at radius 1 is 0.938 bits per heavy atom. The number of aromatic hydroxyl groups is 3. The van der Waals surface area contributed by atoms with Crippen LogP contribution in [0.15, 0.2) is 36.4 Å². The van der Waals surface area contributed by atoms with Crippen LogP contribution >= 0.6 is 0 Å². The molecule has 11 heteroatoms. The molecule has 1 saturated heterocycles. The number of fused-ring (bicyclic) bond motifs is 1. The van der Waals surface area contributed by atoms with Crippen molar-refractivity contribution >= 4 is 0 Å². The van der Waals surface area contributed by atoms with Crippen molar-refractivity contribution in [1.29, 1.82) is 0 Å². The van der Waals surface area contributed by atoms with Crippen LogP contribution in [0.25, 0.3) is 0 Å². The normalized spacial score (nSPS) is 34.5. The molecule has 11 nitrogen and oxygen atoms in total. The second kappa shape index (κ2) is 8.37. The highest BCUT2D eigenvalue weighted by Crippen LogP contribution is 2.47. The standard InChI is InChI=1S/C21H24O11/c22-8-15-16(26)17(27)18(28)20(31-15)32-21(29)7-12-13(25)5-11(24)6-14(12)30-19(21)9-1-3-10(23)4-2-9/h1-6,15-20,22-29H,7-8H2/t15-,16-,17+,18-,19?,20?,21?/m1/s1. The van der Waals surface area contributed by atoms with E-state index in [1.807, 2.05) is 0 Å². The van der Waals surface area contributed by atoms with Crippen LogP contribution in [0.5, 0.6) is 23.0 Å². The smallest absolute Gasteiger partial charge is 0.214 e. The molecule has 2 aliphatic heterocycles. The fourth-order valence-corrected chi connectivity index (χ4v) is 3.91. The summed E-state index contributed by atoms with van der Waals surface area (Å²) in [6.45, 7) is -0.690. The Balaban J connectivity index is 1.73. The van der Waals surface area contributed by atoms with Crippen LogP contribution in [-0.4, -0.2) is 84.0 Å². The second-order valence-corrected chi connectivity index (χ2v) is 7.87. The number of aliphatic hydroxyl groups excluding tert-OH is 4. The van der Waals surface area contributed by atoms with Crippen LogP contribution in [0.4, 0.5) is 0 Å². The van der Waals surface area contributed by atoms with Gasteiger partial charge in [0.25, 0.3) is 0 Å². The van der Waals surface area contributed by atoms with E-state index in [-0.39, 0.29) is 35.0 Å². The van der Waals surface area contributed by atoms with E-state index in [2.05, 4.69) is 0 Å². The van der Waals surface area contributed by atoms with Crippen molar-refractivity contribution in [2.45, 2.75) is 49.0 Å². The van der Waals surface area contributed by atoms with E-state index in [0.29, 0.717) is 5.56 Å². The Hall–Kier alpha value is -2.64. The molecule has 0 amide bonds. The summed E-state index contributed by atoms with van der Waals surface area (Å²) in [5, 5.41) is 80.9. The van der Waals surface area contributed by atoms with Crippen molar-refractivity contribution in [3.63, 3.8) is 0 Å². The van der Waals surface area contributed by atoms with Gasteiger partial charge in [0.15, 0.2) is 12.4 Å². The minimum absolute atomic E-state index is 0.0429. The summed E-state index contributed by atoms with van der Waals surface area (Å²) in [5.41, 5.74) is 0.438. The Morgan fingerprint density at radius 2 is 1.62 bits per heavy atom. The van der Waals surface area contributed by atoms with Crippen molar-refractivity contribution < 1.29 is 55.1 Å². The zero-order valence-corrected chi connectivity index (χ0v) is 16.6. The summed E-state index contributed by atoms with van der Waals surface area (Å²) in [6.07, 6.45) is -9.75. The lowest BCUT2D eigenvalue weighted by Gasteiger charge is -2.46. The molecule has 4 rings (SSSR count). The molecule has 0 spiro atoms. The van der Waals surface area contributed by atoms with E-state index in [0.717, 1.165) is 6.07 Å². The molecule has 3 unspecified atom stereocenters. The molecule has 32 heavy (non-hydrogen) atoms. The number of phenolic OH excluding ortho intramolecular Hbond substituents is 3. The minimum atomic E-state index is -2.29. The first-order valence-corrected chi connectivity index (χ1v) is 9.84. The molecule has 7 atom stereocenters. The van der Waals surface area contributed by atoms with Crippen LogP contribution in [-0.2, 0) is 15.9 Å². The summed E-state index contributed by atoms with van der Waals surface area (Å²) in [6, 6.07) is 7.91. The molecule has 0 aliphatic carbocycles. The predicted octanol–water partition coefficient (Wildman–Crippen LogP) is -1.02. The number of rotatable bonds is 4. The van der Waals surface area contributed by atoms with Gasteiger partial charge < -0.3 is 55.1 Å². The summed E-state index contributed by atoms with van der Waals surface area (Å²) in [7, 11) is 0. The van der Waals surface area contributed by atoms with Crippen LogP contribution in [0, 0.1) is 0 Å². The number of hydrogen-bond acceptors (Lipinski definition) is 11. The third kappa shape index (κ3) is 3.95. The fraction of sp³-hybridized carbons (Fsp3) is 0.429. The van der Waals surface area contributed by atoms with E-state index in [4.69, 9.17) is 14.2 Å². The van der Waals surface area contributed by atoms with E-state index in [9.17, 15) is 40.9 Å². The van der Waals surface area contributed by atoms with Crippen LogP contribution < -0.4 is 4.74 Å². The van der Waals surface area contributed by atoms with Gasteiger partial charge in [-0.05, 0) is 17.7 Å². The van der Waals surface area contributed by atoms with Gasteiger partial charge in [0.2, 0.25) is 5.79 Å². The highest BCUT2D eigenvalue weighted by Gasteiger charge is 2.52. The van der Waals surface area contributed by atoms with Gasteiger partial charge in [-0.3, -0.25) is 0 Å². The molecular weight excluding hydrogens is 428 g/mol. The fourth-order valence-electron chi connectivity index (χ4n) is 3.91. The van der Waals surface area contributed by atoms with Gasteiger partial charge in [0, 0.05) is 24.1 Å². The van der Waals surface area contributed by atoms with Gasteiger partial charge in [-0.1, -0.05) is 12.1 Å². The Morgan fingerprint density at radius 3 is 2.28 bits per heavy atom. The SMILES string of the molecule is OC[C@H]1OC(OC2(O)Cc3c(O)cc(O)cc3OC2c2ccc(O)cc2)[C@H](O)[C@@H](O)[C@@H]1O. The van der Waals surface area contributed by atoms with Crippen molar-refractivity contribution in [2.24, 2.45) is 0 Å². The Kier molecular flexibility index (Phi) is 5.90. The summed E-state index contributed by atoms with van der Waals surface area (Å²) in [4.78, 5) is 0. The minimum Gasteiger partial charge on any atom is -0.508 e. The van der Waals surface area contributed by atoms with E-state index >= 15 is 0 Å². The van der Waals surface area contributed by atoms with E-state index in [1.165, 1.54) is 30.3 Å². The topological polar surface area (TPSA) is 190 Å². The van der Waals surface area contributed by atoms with Gasteiger partial charge in [-0.2, -0.15) is 0 Å². The lowest BCUT2D eigenvalue weighted by molar-refractivity contribution is -0.379. The van der Waals surface area contributed by atoms with Crippen LogP contribution in [0.3, 0.4) is 0 Å². The molecule has 2 aliphatic rings. The average Bonchev–Trinajstić information content (AvgIpc) is 2.75. The first kappa shape index (κ1) is 22.6. The highest BCUT2D eigenvalue weighted by atomic mass is 16.8. The van der Waals surface area contributed by atoms with Gasteiger partial charge in [0.05, 0.1) is 6.61 Å². The van der Waals surface area contributed by atoms with Crippen molar-refractivity contribution in [3.05, 3.63) is 47.5 Å². The number of aliphatic hydroxyl groups is 5. The third-order valence-corrected chi connectivity index (χ3v) is 5.62. The van der Waals surface area contributed by atoms with E-state index < -0.39 is 49.2 Å². The zero-order valence-electron chi connectivity index (χ0n) is 16.6. The molecule has 2 heterocycles. The Labute approximate surface area is 181 Å². The summed E-state index contributed by atoms with van der Waals surface area (Å²) in [5.74, 6) is -2.90. The zero-order chi connectivity index (χ0) is 23.2. The molecule has 0 aromatic heterocycles. The molecule has 8 N–H and O–H groups in total. The van der Waals surface area contributed by atoms with Gasteiger partial charge in [-0.25, -0.2) is 0 Å². The molecule has 174 valence electrons.